The van der Waals surface area contributed by atoms with Crippen LogP contribution in [0, 0.1) is 6.92 Å². The molecular formula is C26H26N2O3. The summed E-state index contributed by atoms with van der Waals surface area (Å²) < 4.78 is 0. The van der Waals surface area contributed by atoms with Gasteiger partial charge in [-0.25, -0.2) is 0 Å². The van der Waals surface area contributed by atoms with Crippen molar-refractivity contribution in [3.05, 3.63) is 101 Å². The first-order valence-electron chi connectivity index (χ1n) is 10.1. The van der Waals surface area contributed by atoms with E-state index in [1.54, 1.807) is 36.4 Å². The molecule has 0 heterocycles. The van der Waals surface area contributed by atoms with E-state index >= 15 is 0 Å². The second-order valence-corrected chi connectivity index (χ2v) is 7.28. The number of ketones is 1. The number of carbonyl (C=O) groups excluding carboxylic acids is 2. The number of hydrogen-bond acceptors (Lipinski definition) is 4. The van der Waals surface area contributed by atoms with Gasteiger partial charge in [0.2, 0.25) is 0 Å². The Morgan fingerprint density at radius 2 is 1.65 bits per heavy atom. The maximum absolute atomic E-state index is 12.5. The third-order valence-corrected chi connectivity index (χ3v) is 5.01. The number of hydrogen-bond donors (Lipinski definition) is 2. The molecule has 0 aliphatic heterocycles. The Hall–Kier alpha value is -3.70. The molecule has 31 heavy (non-hydrogen) atoms. The van der Waals surface area contributed by atoms with E-state index in [0.717, 1.165) is 16.8 Å². The standard InChI is InChI=1S/C26H26N2O3/c1-19-5-3-4-6-24(19)26(31)27-22-12-10-21(11-13-22)25(30)16-9-20-7-14-23(15-8-20)28(2)17-18-29/h3-16,29H,17-18H2,1-2H3,(H,27,31)/b16-9+. The summed E-state index contributed by atoms with van der Waals surface area (Å²) in [6.45, 7) is 2.56. The highest BCUT2D eigenvalue weighted by atomic mass is 16.3. The van der Waals surface area contributed by atoms with E-state index in [1.807, 2.05) is 61.3 Å². The van der Waals surface area contributed by atoms with Crippen LogP contribution in [0.15, 0.2) is 78.9 Å². The van der Waals surface area contributed by atoms with Gasteiger partial charge < -0.3 is 15.3 Å². The molecule has 0 saturated carbocycles. The Morgan fingerprint density at radius 1 is 0.968 bits per heavy atom. The SMILES string of the molecule is Cc1ccccc1C(=O)Nc1ccc(C(=O)/C=C/c2ccc(N(C)CCO)cc2)cc1. The fraction of sp³-hybridized carbons (Fsp3) is 0.154. The molecule has 2 N–H and O–H groups in total. The Morgan fingerprint density at radius 3 is 2.29 bits per heavy atom. The van der Waals surface area contributed by atoms with Gasteiger partial charge in [0.15, 0.2) is 5.78 Å². The maximum Gasteiger partial charge on any atom is 0.255 e. The lowest BCUT2D eigenvalue weighted by Gasteiger charge is -2.17. The summed E-state index contributed by atoms with van der Waals surface area (Å²) >= 11 is 0. The highest BCUT2D eigenvalue weighted by molar-refractivity contribution is 6.08. The fourth-order valence-electron chi connectivity index (χ4n) is 3.13. The number of anilines is 2. The molecule has 1 amide bonds. The number of aliphatic hydroxyl groups excluding tert-OH is 1. The van der Waals surface area contributed by atoms with Crippen LogP contribution >= 0.6 is 0 Å². The van der Waals surface area contributed by atoms with Crippen molar-refractivity contribution < 1.29 is 14.7 Å². The lowest BCUT2D eigenvalue weighted by molar-refractivity contribution is 0.102. The summed E-state index contributed by atoms with van der Waals surface area (Å²) in [6.07, 6.45) is 3.30. The van der Waals surface area contributed by atoms with Crippen LogP contribution < -0.4 is 10.2 Å². The number of benzene rings is 3. The van der Waals surface area contributed by atoms with Gasteiger partial charge in [-0.2, -0.15) is 0 Å². The molecule has 3 aromatic rings. The van der Waals surface area contributed by atoms with E-state index in [2.05, 4.69) is 5.32 Å². The van der Waals surface area contributed by atoms with Crippen molar-refractivity contribution in [2.24, 2.45) is 0 Å². The average molecular weight is 415 g/mol. The number of rotatable bonds is 8. The molecule has 0 fully saturated rings. The summed E-state index contributed by atoms with van der Waals surface area (Å²) in [5, 5.41) is 11.9. The zero-order valence-electron chi connectivity index (χ0n) is 17.7. The van der Waals surface area contributed by atoms with Crippen molar-refractivity contribution in [2.45, 2.75) is 6.92 Å². The van der Waals surface area contributed by atoms with Gasteiger partial charge in [-0.05, 0) is 66.6 Å². The molecule has 0 saturated heterocycles. The van der Waals surface area contributed by atoms with Crippen LogP contribution in [-0.4, -0.2) is 37.0 Å². The van der Waals surface area contributed by atoms with Gasteiger partial charge >= 0.3 is 0 Å². The third kappa shape index (κ3) is 5.90. The predicted molar refractivity (Wildman–Crippen MR) is 126 cm³/mol. The van der Waals surface area contributed by atoms with Crippen LogP contribution in [0.2, 0.25) is 0 Å². The van der Waals surface area contributed by atoms with Crippen LogP contribution in [0.4, 0.5) is 11.4 Å². The molecule has 3 aromatic carbocycles. The average Bonchev–Trinajstić information content (AvgIpc) is 2.78. The van der Waals surface area contributed by atoms with Crippen LogP contribution in [0.25, 0.3) is 6.08 Å². The Labute approximate surface area is 182 Å². The van der Waals surface area contributed by atoms with Gasteiger partial charge in [-0.15, -0.1) is 0 Å². The highest BCUT2D eigenvalue weighted by Crippen LogP contribution is 2.16. The molecule has 0 unspecified atom stereocenters. The molecule has 5 nitrogen and oxygen atoms in total. The molecule has 0 bridgehead atoms. The first-order valence-corrected chi connectivity index (χ1v) is 10.1. The lowest BCUT2D eigenvalue weighted by atomic mass is 10.1. The van der Waals surface area contributed by atoms with Crippen molar-refractivity contribution in [3.8, 4) is 0 Å². The monoisotopic (exact) mass is 414 g/mol. The molecule has 158 valence electrons. The topological polar surface area (TPSA) is 69.6 Å². The van der Waals surface area contributed by atoms with Crippen LogP contribution in [-0.2, 0) is 0 Å². The Bertz CT molecular complexity index is 1070. The van der Waals surface area contributed by atoms with E-state index in [1.165, 1.54) is 6.08 Å². The minimum absolute atomic E-state index is 0.0982. The van der Waals surface area contributed by atoms with Crippen LogP contribution in [0.3, 0.4) is 0 Å². The third-order valence-electron chi connectivity index (χ3n) is 5.01. The number of aryl methyl sites for hydroxylation is 1. The molecule has 5 heteroatoms. The molecular weight excluding hydrogens is 388 g/mol. The predicted octanol–water partition coefficient (Wildman–Crippen LogP) is 4.57. The van der Waals surface area contributed by atoms with Gasteiger partial charge in [-0.3, -0.25) is 9.59 Å². The smallest absolute Gasteiger partial charge is 0.255 e. The Balaban J connectivity index is 1.61. The minimum Gasteiger partial charge on any atom is -0.395 e. The zero-order chi connectivity index (χ0) is 22.2. The molecule has 0 spiro atoms. The van der Waals surface area contributed by atoms with Crippen LogP contribution in [0.1, 0.15) is 31.8 Å². The van der Waals surface area contributed by atoms with Gasteiger partial charge in [0.1, 0.15) is 0 Å². The summed E-state index contributed by atoms with van der Waals surface area (Å²) in [4.78, 5) is 26.8. The van der Waals surface area contributed by atoms with Gasteiger partial charge in [0.25, 0.3) is 5.91 Å². The highest BCUT2D eigenvalue weighted by Gasteiger charge is 2.09. The van der Waals surface area contributed by atoms with Gasteiger partial charge in [0.05, 0.1) is 6.61 Å². The first-order chi connectivity index (χ1) is 15.0. The summed E-state index contributed by atoms with van der Waals surface area (Å²) in [7, 11) is 1.91. The van der Waals surface area contributed by atoms with Crippen molar-refractivity contribution >= 4 is 29.1 Å². The van der Waals surface area contributed by atoms with E-state index in [-0.39, 0.29) is 18.3 Å². The van der Waals surface area contributed by atoms with Crippen molar-refractivity contribution in [3.63, 3.8) is 0 Å². The molecule has 0 aromatic heterocycles. The summed E-state index contributed by atoms with van der Waals surface area (Å²) in [5.41, 5.74) is 4.63. The van der Waals surface area contributed by atoms with Crippen molar-refractivity contribution in [2.75, 3.05) is 30.4 Å². The molecule has 0 radical (unpaired) electrons. The second kappa shape index (κ2) is 10.4. The largest absolute Gasteiger partial charge is 0.395 e. The number of aliphatic hydroxyl groups is 1. The van der Waals surface area contributed by atoms with Crippen molar-refractivity contribution in [1.82, 2.24) is 0 Å². The molecule has 0 aliphatic carbocycles. The Kier molecular flexibility index (Phi) is 7.35. The fourth-order valence-corrected chi connectivity index (χ4v) is 3.13. The first kappa shape index (κ1) is 22.0. The lowest BCUT2D eigenvalue weighted by Crippen LogP contribution is -2.20. The summed E-state index contributed by atoms with van der Waals surface area (Å²) in [6, 6.07) is 22.0. The van der Waals surface area contributed by atoms with E-state index < -0.39 is 0 Å². The maximum atomic E-state index is 12.5. The van der Waals surface area contributed by atoms with Crippen LogP contribution in [0.5, 0.6) is 0 Å². The molecule has 0 atom stereocenters. The minimum atomic E-state index is -0.176. The molecule has 0 aliphatic rings. The van der Waals surface area contributed by atoms with Gasteiger partial charge in [-0.1, -0.05) is 36.4 Å². The van der Waals surface area contributed by atoms with E-state index in [9.17, 15) is 9.59 Å². The van der Waals surface area contributed by atoms with Gasteiger partial charge in [0, 0.05) is 36.1 Å². The van der Waals surface area contributed by atoms with E-state index in [4.69, 9.17) is 5.11 Å². The van der Waals surface area contributed by atoms with Crippen molar-refractivity contribution in [1.29, 1.82) is 0 Å². The number of amides is 1. The number of nitrogens with one attached hydrogen (secondary N) is 1. The number of allylic oxidation sites excluding steroid dienone is 1. The second-order valence-electron chi connectivity index (χ2n) is 7.28. The zero-order valence-corrected chi connectivity index (χ0v) is 17.7. The van der Waals surface area contributed by atoms with E-state index in [0.29, 0.717) is 23.4 Å². The number of carbonyl (C=O) groups is 2. The normalized spacial score (nSPS) is 10.8. The quantitative estimate of drug-likeness (QED) is 0.418. The molecule has 3 rings (SSSR count). The summed E-state index contributed by atoms with van der Waals surface area (Å²) in [5.74, 6) is -0.289. The number of nitrogens with zero attached hydrogens (tertiary/aromatic N) is 1. The number of likely N-dealkylation sites (N-methyl/N-ethyl adjacent to an activating group) is 1.